The SMILES string of the molecule is CC(C)Oc1ccc(Br)cc1CCN. The third kappa shape index (κ3) is 3.31. The molecule has 0 bridgehead atoms. The van der Waals surface area contributed by atoms with Gasteiger partial charge in [-0.1, -0.05) is 15.9 Å². The molecule has 0 saturated heterocycles. The third-order valence-electron chi connectivity index (χ3n) is 1.80. The van der Waals surface area contributed by atoms with Crippen molar-refractivity contribution in [3.8, 4) is 5.75 Å². The molecule has 0 radical (unpaired) electrons. The van der Waals surface area contributed by atoms with Crippen LogP contribution in [0.3, 0.4) is 0 Å². The molecule has 0 aliphatic rings. The molecule has 0 unspecified atom stereocenters. The first-order valence-corrected chi connectivity index (χ1v) is 5.58. The summed E-state index contributed by atoms with van der Waals surface area (Å²) in [5.74, 6) is 0.939. The van der Waals surface area contributed by atoms with Crippen molar-refractivity contribution in [1.29, 1.82) is 0 Å². The average molecular weight is 258 g/mol. The molecule has 78 valence electrons. The molecule has 1 rings (SSSR count). The second-order valence-corrected chi connectivity index (χ2v) is 4.37. The van der Waals surface area contributed by atoms with Crippen molar-refractivity contribution in [3.05, 3.63) is 28.2 Å². The Morgan fingerprint density at radius 3 is 2.71 bits per heavy atom. The molecule has 0 aromatic heterocycles. The van der Waals surface area contributed by atoms with Crippen LogP contribution in [0.25, 0.3) is 0 Å². The highest BCUT2D eigenvalue weighted by Crippen LogP contribution is 2.24. The van der Waals surface area contributed by atoms with Gasteiger partial charge in [0.25, 0.3) is 0 Å². The lowest BCUT2D eigenvalue weighted by molar-refractivity contribution is 0.240. The Hall–Kier alpha value is -0.540. The Labute approximate surface area is 93.6 Å². The number of hydrogen-bond acceptors (Lipinski definition) is 2. The molecule has 0 saturated carbocycles. The van der Waals surface area contributed by atoms with Crippen molar-refractivity contribution in [1.82, 2.24) is 0 Å². The molecule has 2 nitrogen and oxygen atoms in total. The van der Waals surface area contributed by atoms with E-state index in [-0.39, 0.29) is 6.10 Å². The predicted molar refractivity (Wildman–Crippen MR) is 62.7 cm³/mol. The Bertz CT molecular complexity index is 299. The number of benzene rings is 1. The van der Waals surface area contributed by atoms with Crippen molar-refractivity contribution in [2.45, 2.75) is 26.4 Å². The molecule has 0 spiro atoms. The van der Waals surface area contributed by atoms with Gasteiger partial charge in [-0.15, -0.1) is 0 Å². The van der Waals surface area contributed by atoms with E-state index < -0.39 is 0 Å². The van der Waals surface area contributed by atoms with Crippen LogP contribution in [0.4, 0.5) is 0 Å². The third-order valence-corrected chi connectivity index (χ3v) is 2.29. The summed E-state index contributed by atoms with van der Waals surface area (Å²) in [5.41, 5.74) is 6.70. The highest BCUT2D eigenvalue weighted by molar-refractivity contribution is 9.10. The molecule has 1 aromatic carbocycles. The minimum Gasteiger partial charge on any atom is -0.491 e. The summed E-state index contributed by atoms with van der Waals surface area (Å²) in [7, 11) is 0. The number of halogens is 1. The van der Waals surface area contributed by atoms with Crippen LogP contribution in [0.1, 0.15) is 19.4 Å². The van der Waals surface area contributed by atoms with E-state index in [1.807, 2.05) is 26.0 Å². The molecule has 0 fully saturated rings. The van der Waals surface area contributed by atoms with Crippen LogP contribution in [0, 0.1) is 0 Å². The van der Waals surface area contributed by atoms with Crippen LogP contribution in [-0.4, -0.2) is 12.6 Å². The summed E-state index contributed by atoms with van der Waals surface area (Å²) >= 11 is 3.44. The van der Waals surface area contributed by atoms with E-state index in [0.29, 0.717) is 6.54 Å². The van der Waals surface area contributed by atoms with E-state index in [1.165, 1.54) is 0 Å². The van der Waals surface area contributed by atoms with Gasteiger partial charge < -0.3 is 10.5 Å². The molecule has 2 N–H and O–H groups in total. The van der Waals surface area contributed by atoms with Gasteiger partial charge in [0.1, 0.15) is 5.75 Å². The zero-order valence-electron chi connectivity index (χ0n) is 8.59. The van der Waals surface area contributed by atoms with Gasteiger partial charge in [-0.2, -0.15) is 0 Å². The quantitative estimate of drug-likeness (QED) is 0.901. The summed E-state index contributed by atoms with van der Waals surface area (Å²) in [6.07, 6.45) is 1.05. The van der Waals surface area contributed by atoms with Crippen LogP contribution in [0.2, 0.25) is 0 Å². The van der Waals surface area contributed by atoms with Gasteiger partial charge in [0.15, 0.2) is 0 Å². The first-order chi connectivity index (χ1) is 6.63. The Morgan fingerprint density at radius 2 is 2.14 bits per heavy atom. The van der Waals surface area contributed by atoms with Crippen molar-refractivity contribution in [3.63, 3.8) is 0 Å². The Morgan fingerprint density at radius 1 is 1.43 bits per heavy atom. The molecule has 0 aliphatic carbocycles. The zero-order chi connectivity index (χ0) is 10.6. The van der Waals surface area contributed by atoms with Gasteiger partial charge in [0.05, 0.1) is 6.10 Å². The Kier molecular flexibility index (Phi) is 4.42. The normalized spacial score (nSPS) is 10.6. The minimum atomic E-state index is 0.202. The number of ether oxygens (including phenoxy) is 1. The lowest BCUT2D eigenvalue weighted by Gasteiger charge is -2.14. The molecule has 3 heteroatoms. The van der Waals surface area contributed by atoms with Crippen molar-refractivity contribution < 1.29 is 4.74 Å². The van der Waals surface area contributed by atoms with Crippen molar-refractivity contribution >= 4 is 15.9 Å². The highest BCUT2D eigenvalue weighted by atomic mass is 79.9. The Balaban J connectivity index is 2.89. The molecular formula is C11H16BrNO. The fourth-order valence-electron chi connectivity index (χ4n) is 1.27. The van der Waals surface area contributed by atoms with Gasteiger partial charge in [-0.05, 0) is 50.6 Å². The van der Waals surface area contributed by atoms with Crippen molar-refractivity contribution in [2.75, 3.05) is 6.54 Å². The maximum absolute atomic E-state index is 5.68. The predicted octanol–water partition coefficient (Wildman–Crippen LogP) is 2.74. The summed E-state index contributed by atoms with van der Waals surface area (Å²) < 4.78 is 6.74. The van der Waals surface area contributed by atoms with E-state index in [9.17, 15) is 0 Å². The van der Waals surface area contributed by atoms with Crippen LogP contribution in [0.5, 0.6) is 5.75 Å². The average Bonchev–Trinajstić information content (AvgIpc) is 2.09. The van der Waals surface area contributed by atoms with E-state index in [2.05, 4.69) is 22.0 Å². The van der Waals surface area contributed by atoms with Gasteiger partial charge in [0.2, 0.25) is 0 Å². The molecule has 1 aromatic rings. The maximum Gasteiger partial charge on any atom is 0.122 e. The first-order valence-electron chi connectivity index (χ1n) is 4.78. The standard InChI is InChI=1S/C11H16BrNO/c1-8(2)14-11-4-3-10(12)7-9(11)5-6-13/h3-4,7-8H,5-6,13H2,1-2H3. The molecule has 0 heterocycles. The monoisotopic (exact) mass is 257 g/mol. The number of nitrogens with two attached hydrogens (primary N) is 1. The highest BCUT2D eigenvalue weighted by Gasteiger charge is 2.05. The van der Waals surface area contributed by atoms with Gasteiger partial charge in [-0.3, -0.25) is 0 Å². The fourth-order valence-corrected chi connectivity index (χ4v) is 1.68. The summed E-state index contributed by atoms with van der Waals surface area (Å²) in [5, 5.41) is 0. The fraction of sp³-hybridized carbons (Fsp3) is 0.455. The maximum atomic E-state index is 5.68. The van der Waals surface area contributed by atoms with E-state index in [4.69, 9.17) is 10.5 Å². The van der Waals surface area contributed by atoms with Crippen LogP contribution >= 0.6 is 15.9 Å². The first kappa shape index (κ1) is 11.5. The molecule has 0 amide bonds. The zero-order valence-corrected chi connectivity index (χ0v) is 10.2. The second kappa shape index (κ2) is 5.37. The lowest BCUT2D eigenvalue weighted by atomic mass is 10.1. The summed E-state index contributed by atoms with van der Waals surface area (Å²) in [6, 6.07) is 6.03. The molecule has 0 atom stereocenters. The van der Waals surface area contributed by atoms with Gasteiger partial charge in [-0.25, -0.2) is 0 Å². The number of rotatable bonds is 4. The van der Waals surface area contributed by atoms with Gasteiger partial charge >= 0.3 is 0 Å². The van der Waals surface area contributed by atoms with E-state index in [1.54, 1.807) is 0 Å². The van der Waals surface area contributed by atoms with Crippen LogP contribution < -0.4 is 10.5 Å². The van der Waals surface area contributed by atoms with Crippen LogP contribution in [0.15, 0.2) is 22.7 Å². The minimum absolute atomic E-state index is 0.202. The van der Waals surface area contributed by atoms with Crippen molar-refractivity contribution in [2.24, 2.45) is 5.73 Å². The lowest BCUT2D eigenvalue weighted by Crippen LogP contribution is -2.10. The topological polar surface area (TPSA) is 35.2 Å². The summed E-state index contributed by atoms with van der Waals surface area (Å²) in [4.78, 5) is 0. The van der Waals surface area contributed by atoms with Gasteiger partial charge in [0, 0.05) is 4.47 Å². The molecular weight excluding hydrogens is 242 g/mol. The number of hydrogen-bond donors (Lipinski definition) is 1. The largest absolute Gasteiger partial charge is 0.491 e. The van der Waals surface area contributed by atoms with E-state index >= 15 is 0 Å². The summed E-state index contributed by atoms with van der Waals surface area (Å²) in [6.45, 7) is 4.69. The smallest absolute Gasteiger partial charge is 0.122 e. The molecule has 0 aliphatic heterocycles. The van der Waals surface area contributed by atoms with Crippen LogP contribution in [-0.2, 0) is 6.42 Å². The molecule has 14 heavy (non-hydrogen) atoms. The van der Waals surface area contributed by atoms with E-state index in [0.717, 1.165) is 22.2 Å². The second-order valence-electron chi connectivity index (χ2n) is 3.46.